The predicted octanol–water partition coefficient (Wildman–Crippen LogP) is 1.23. The van der Waals surface area contributed by atoms with Crippen LogP contribution in [0.2, 0.25) is 0 Å². The average molecular weight is 375 g/mol. The molecule has 1 aliphatic carbocycles. The van der Waals surface area contributed by atoms with Gasteiger partial charge in [-0.05, 0) is 30.9 Å². The fraction of sp³-hybridized carbons (Fsp3) is 0.562. The van der Waals surface area contributed by atoms with E-state index in [2.05, 4.69) is 5.32 Å². The normalized spacial score (nSPS) is 18.2. The highest BCUT2D eigenvalue weighted by molar-refractivity contribution is 7.85. The van der Waals surface area contributed by atoms with Crippen molar-refractivity contribution in [1.29, 1.82) is 0 Å². The van der Waals surface area contributed by atoms with E-state index >= 15 is 0 Å². The Morgan fingerprint density at radius 1 is 1.29 bits per heavy atom. The summed E-state index contributed by atoms with van der Waals surface area (Å²) in [6, 6.07) is 5.31. The van der Waals surface area contributed by atoms with Crippen LogP contribution in [0.25, 0.3) is 0 Å². The Bertz CT molecular complexity index is 610. The molecule has 2 unspecified atom stereocenters. The molecular formula is C16H23ClN2O4S. The Morgan fingerprint density at radius 2 is 2.00 bits per heavy atom. The minimum absolute atomic E-state index is 0. The molecule has 0 spiro atoms. The van der Waals surface area contributed by atoms with Crippen LogP contribution >= 0.6 is 12.4 Å². The Morgan fingerprint density at radius 3 is 2.67 bits per heavy atom. The largest absolute Gasteiger partial charge is 0.486 e. The van der Waals surface area contributed by atoms with Gasteiger partial charge in [-0.25, -0.2) is 0 Å². The number of carbonyl (C=O) groups excluding carboxylic acids is 1. The quantitative estimate of drug-likeness (QED) is 0.749. The van der Waals surface area contributed by atoms with Gasteiger partial charge in [-0.2, -0.15) is 0 Å². The molecule has 134 valence electrons. The van der Waals surface area contributed by atoms with Crippen LogP contribution in [0.4, 0.5) is 0 Å². The van der Waals surface area contributed by atoms with E-state index in [1.807, 2.05) is 0 Å². The van der Waals surface area contributed by atoms with Gasteiger partial charge in [0.25, 0.3) is 0 Å². The van der Waals surface area contributed by atoms with Crippen LogP contribution in [-0.4, -0.2) is 41.7 Å². The number of amides is 1. The van der Waals surface area contributed by atoms with Gasteiger partial charge >= 0.3 is 0 Å². The first kappa shape index (κ1) is 19.0. The third-order valence-electron chi connectivity index (χ3n) is 4.08. The summed E-state index contributed by atoms with van der Waals surface area (Å²) < 4.78 is 23.3. The smallest absolute Gasteiger partial charge is 0.221 e. The molecule has 24 heavy (non-hydrogen) atoms. The molecule has 6 nitrogen and oxygen atoms in total. The lowest BCUT2D eigenvalue weighted by atomic mass is 10.2. The highest BCUT2D eigenvalue weighted by atomic mass is 35.5. The highest BCUT2D eigenvalue weighted by Gasteiger charge is 2.31. The van der Waals surface area contributed by atoms with E-state index in [0.717, 1.165) is 12.8 Å². The van der Waals surface area contributed by atoms with Gasteiger partial charge in [-0.15, -0.1) is 12.4 Å². The van der Waals surface area contributed by atoms with Crippen LogP contribution in [0.15, 0.2) is 23.1 Å². The average Bonchev–Trinajstić information content (AvgIpc) is 3.42. The lowest BCUT2D eigenvalue weighted by molar-refractivity contribution is -0.121. The molecule has 1 fully saturated rings. The molecular weight excluding hydrogens is 352 g/mol. The van der Waals surface area contributed by atoms with E-state index in [9.17, 15) is 9.00 Å². The van der Waals surface area contributed by atoms with Crippen molar-refractivity contribution in [2.45, 2.75) is 30.2 Å². The summed E-state index contributed by atoms with van der Waals surface area (Å²) in [6.45, 7) is 1.48. The summed E-state index contributed by atoms with van der Waals surface area (Å²) in [4.78, 5) is 12.6. The summed E-state index contributed by atoms with van der Waals surface area (Å²) in [5.74, 6) is 2.01. The van der Waals surface area contributed by atoms with Crippen molar-refractivity contribution in [1.82, 2.24) is 5.32 Å². The third-order valence-corrected chi connectivity index (χ3v) is 5.44. The second-order valence-corrected chi connectivity index (χ2v) is 7.42. The predicted molar refractivity (Wildman–Crippen MR) is 94.3 cm³/mol. The lowest BCUT2D eigenvalue weighted by Gasteiger charge is -2.18. The van der Waals surface area contributed by atoms with Crippen molar-refractivity contribution in [3.05, 3.63) is 18.2 Å². The monoisotopic (exact) mass is 374 g/mol. The van der Waals surface area contributed by atoms with E-state index in [-0.39, 0.29) is 36.5 Å². The topological polar surface area (TPSA) is 90.7 Å². The van der Waals surface area contributed by atoms with Gasteiger partial charge in [0.15, 0.2) is 11.5 Å². The van der Waals surface area contributed by atoms with Gasteiger partial charge in [0.05, 0.1) is 10.8 Å². The van der Waals surface area contributed by atoms with Crippen LogP contribution in [0.3, 0.4) is 0 Å². The van der Waals surface area contributed by atoms with Crippen LogP contribution in [0.1, 0.15) is 19.3 Å². The number of nitrogens with one attached hydrogen (secondary N) is 1. The number of nitrogens with two attached hydrogens (primary N) is 1. The van der Waals surface area contributed by atoms with Crippen LogP contribution in [0, 0.1) is 5.92 Å². The number of rotatable bonds is 7. The second-order valence-electron chi connectivity index (χ2n) is 5.85. The number of benzene rings is 1. The van der Waals surface area contributed by atoms with Crippen molar-refractivity contribution in [2.24, 2.45) is 11.7 Å². The van der Waals surface area contributed by atoms with Gasteiger partial charge in [-0.3, -0.25) is 9.00 Å². The van der Waals surface area contributed by atoms with E-state index in [4.69, 9.17) is 15.2 Å². The maximum atomic E-state index is 12.3. The van der Waals surface area contributed by atoms with Gasteiger partial charge in [0.2, 0.25) is 5.91 Å². The molecule has 1 amide bonds. The van der Waals surface area contributed by atoms with Crippen molar-refractivity contribution >= 4 is 29.1 Å². The molecule has 3 N–H and O–H groups in total. The third kappa shape index (κ3) is 4.84. The SMILES string of the molecule is Cl.NCC(NC(=O)CCS(=O)c1ccc2c(c1)OCCO2)C1CC1. The molecule has 0 saturated heterocycles. The van der Waals surface area contributed by atoms with Crippen LogP contribution in [-0.2, 0) is 15.6 Å². The molecule has 0 bridgehead atoms. The van der Waals surface area contributed by atoms with E-state index in [1.165, 1.54) is 0 Å². The standard InChI is InChI=1S/C16H22N2O4S.ClH/c17-10-13(11-1-2-11)18-16(19)5-8-23(20)12-3-4-14-15(9-12)22-7-6-21-14;/h3-4,9,11,13H,1-2,5-8,10,17H2,(H,18,19);1H. The van der Waals surface area contributed by atoms with Gasteiger partial charge < -0.3 is 20.5 Å². The molecule has 1 aromatic carbocycles. The molecule has 1 aliphatic heterocycles. The molecule has 8 heteroatoms. The summed E-state index contributed by atoms with van der Waals surface area (Å²) in [7, 11) is -1.24. The number of fused-ring (bicyclic) bond motifs is 1. The number of hydrogen-bond donors (Lipinski definition) is 2. The van der Waals surface area contributed by atoms with Gasteiger partial charge in [-0.1, -0.05) is 0 Å². The fourth-order valence-corrected chi connectivity index (χ4v) is 3.68. The van der Waals surface area contributed by atoms with Crippen LogP contribution < -0.4 is 20.5 Å². The molecule has 1 aromatic rings. The number of hydrogen-bond acceptors (Lipinski definition) is 5. The lowest BCUT2D eigenvalue weighted by Crippen LogP contribution is -2.42. The zero-order chi connectivity index (χ0) is 16.2. The summed E-state index contributed by atoms with van der Waals surface area (Å²) in [5.41, 5.74) is 5.67. The van der Waals surface area contributed by atoms with Crippen LogP contribution in [0.5, 0.6) is 11.5 Å². The van der Waals surface area contributed by atoms with Crippen molar-refractivity contribution in [2.75, 3.05) is 25.5 Å². The highest BCUT2D eigenvalue weighted by Crippen LogP contribution is 2.33. The molecule has 1 saturated carbocycles. The van der Waals surface area contributed by atoms with E-state index in [0.29, 0.717) is 42.1 Å². The molecule has 0 radical (unpaired) electrons. The van der Waals surface area contributed by atoms with E-state index in [1.54, 1.807) is 18.2 Å². The summed E-state index contributed by atoms with van der Waals surface area (Å²) in [5, 5.41) is 2.94. The van der Waals surface area contributed by atoms with Gasteiger partial charge in [0, 0.05) is 35.7 Å². The maximum absolute atomic E-state index is 12.3. The van der Waals surface area contributed by atoms with E-state index < -0.39 is 10.8 Å². The van der Waals surface area contributed by atoms with Crippen molar-refractivity contribution in [3.8, 4) is 11.5 Å². The Kier molecular flexibility index (Phi) is 6.89. The molecule has 0 aromatic heterocycles. The first-order valence-corrected chi connectivity index (χ1v) is 9.26. The minimum atomic E-state index is -1.24. The second kappa shape index (κ2) is 8.69. The fourth-order valence-electron chi connectivity index (χ4n) is 2.62. The maximum Gasteiger partial charge on any atom is 0.221 e. The zero-order valence-electron chi connectivity index (χ0n) is 13.4. The molecule has 1 heterocycles. The number of halogens is 1. The first-order chi connectivity index (χ1) is 11.2. The zero-order valence-corrected chi connectivity index (χ0v) is 15.0. The number of ether oxygens (including phenoxy) is 2. The minimum Gasteiger partial charge on any atom is -0.486 e. The summed E-state index contributed by atoms with van der Waals surface area (Å²) in [6.07, 6.45) is 2.49. The Balaban J connectivity index is 0.00000208. The van der Waals surface area contributed by atoms with Crippen molar-refractivity contribution < 1.29 is 18.5 Å². The van der Waals surface area contributed by atoms with Crippen molar-refractivity contribution in [3.63, 3.8) is 0 Å². The summed E-state index contributed by atoms with van der Waals surface area (Å²) >= 11 is 0. The molecule has 2 aliphatic rings. The molecule has 3 rings (SSSR count). The Labute approximate surface area is 150 Å². The first-order valence-electron chi connectivity index (χ1n) is 7.95. The number of carbonyl (C=O) groups is 1. The van der Waals surface area contributed by atoms with Gasteiger partial charge in [0.1, 0.15) is 13.2 Å². The Hall–Kier alpha value is -1.31. The molecule has 2 atom stereocenters.